The monoisotopic (exact) mass is 292 g/mol. The third kappa shape index (κ3) is 4.84. The molecule has 0 aromatic heterocycles. The summed E-state index contributed by atoms with van der Waals surface area (Å²) in [4.78, 5) is 12.1. The van der Waals surface area contributed by atoms with E-state index in [-0.39, 0.29) is 11.2 Å². The molecule has 4 heteroatoms. The van der Waals surface area contributed by atoms with Crippen molar-refractivity contribution in [2.75, 3.05) is 24.2 Å². The Kier molecular flexibility index (Phi) is 5.92. The van der Waals surface area contributed by atoms with Crippen LogP contribution in [-0.4, -0.2) is 30.0 Å². The fourth-order valence-corrected chi connectivity index (χ4v) is 3.36. The van der Waals surface area contributed by atoms with Gasteiger partial charge in [-0.2, -0.15) is 0 Å². The molecule has 1 aromatic rings. The molecule has 0 aliphatic carbocycles. The lowest BCUT2D eigenvalue weighted by atomic mass is 10.0. The van der Waals surface area contributed by atoms with Crippen molar-refractivity contribution < 1.29 is 4.79 Å². The zero-order valence-electron chi connectivity index (χ0n) is 12.3. The summed E-state index contributed by atoms with van der Waals surface area (Å²) < 4.78 is 0. The second kappa shape index (κ2) is 7.70. The van der Waals surface area contributed by atoms with Gasteiger partial charge in [0.1, 0.15) is 0 Å². The minimum atomic E-state index is -0.00164. The molecule has 1 saturated heterocycles. The van der Waals surface area contributed by atoms with Gasteiger partial charge in [-0.3, -0.25) is 4.79 Å². The molecule has 1 amide bonds. The number of benzene rings is 1. The first-order valence-electron chi connectivity index (χ1n) is 7.35. The first kappa shape index (κ1) is 15.4. The molecule has 1 aromatic carbocycles. The van der Waals surface area contributed by atoms with Crippen LogP contribution in [0.1, 0.15) is 25.3 Å². The van der Waals surface area contributed by atoms with Gasteiger partial charge in [-0.1, -0.05) is 17.7 Å². The first-order chi connectivity index (χ1) is 9.65. The van der Waals surface area contributed by atoms with Crippen LogP contribution >= 0.6 is 11.8 Å². The molecule has 2 unspecified atom stereocenters. The third-order valence-corrected chi connectivity index (χ3v) is 5.05. The van der Waals surface area contributed by atoms with E-state index in [0.29, 0.717) is 5.92 Å². The first-order valence-corrected chi connectivity index (χ1v) is 8.40. The van der Waals surface area contributed by atoms with E-state index in [1.807, 2.05) is 38.1 Å². The number of nitrogens with one attached hydrogen (secondary N) is 2. The van der Waals surface area contributed by atoms with Gasteiger partial charge in [0.2, 0.25) is 5.91 Å². The van der Waals surface area contributed by atoms with Gasteiger partial charge in [-0.15, -0.1) is 11.8 Å². The summed E-state index contributed by atoms with van der Waals surface area (Å²) in [6, 6.07) is 7.94. The Balaban J connectivity index is 1.75. The molecule has 0 spiro atoms. The van der Waals surface area contributed by atoms with Gasteiger partial charge in [0, 0.05) is 5.69 Å². The Morgan fingerprint density at radius 1 is 1.45 bits per heavy atom. The number of amides is 1. The van der Waals surface area contributed by atoms with E-state index < -0.39 is 0 Å². The number of piperidine rings is 1. The number of thioether (sulfide) groups is 1. The number of carbonyl (C=O) groups excluding carboxylic acids is 1. The van der Waals surface area contributed by atoms with Crippen LogP contribution < -0.4 is 10.6 Å². The van der Waals surface area contributed by atoms with Crippen molar-refractivity contribution in [2.45, 2.75) is 31.9 Å². The zero-order valence-corrected chi connectivity index (χ0v) is 13.1. The highest BCUT2D eigenvalue weighted by Gasteiger charge is 2.18. The summed E-state index contributed by atoms with van der Waals surface area (Å²) in [7, 11) is 0. The molecule has 1 fully saturated rings. The van der Waals surface area contributed by atoms with Crippen molar-refractivity contribution in [3.05, 3.63) is 29.8 Å². The van der Waals surface area contributed by atoms with E-state index in [1.165, 1.54) is 18.4 Å². The molecule has 3 nitrogen and oxygen atoms in total. The fraction of sp³-hybridized carbons (Fsp3) is 0.562. The second-order valence-electron chi connectivity index (χ2n) is 5.54. The fourth-order valence-electron chi connectivity index (χ4n) is 2.30. The maximum Gasteiger partial charge on any atom is 0.237 e. The average Bonchev–Trinajstić information content (AvgIpc) is 2.48. The smallest absolute Gasteiger partial charge is 0.237 e. The quantitative estimate of drug-likeness (QED) is 0.876. The van der Waals surface area contributed by atoms with Gasteiger partial charge in [-0.05, 0) is 63.6 Å². The number of anilines is 1. The summed E-state index contributed by atoms with van der Waals surface area (Å²) >= 11 is 1.76. The highest BCUT2D eigenvalue weighted by atomic mass is 32.2. The lowest BCUT2D eigenvalue weighted by Gasteiger charge is -2.23. The SMILES string of the molecule is Cc1ccc(NC(=O)C(C)SCC2CCCNC2)cc1. The topological polar surface area (TPSA) is 41.1 Å². The van der Waals surface area contributed by atoms with Crippen LogP contribution in [0.15, 0.2) is 24.3 Å². The molecule has 1 aliphatic heterocycles. The second-order valence-corrected chi connectivity index (χ2v) is 6.92. The van der Waals surface area contributed by atoms with Gasteiger partial charge in [0.15, 0.2) is 0 Å². The van der Waals surface area contributed by atoms with Crippen LogP contribution in [0.5, 0.6) is 0 Å². The number of hydrogen-bond donors (Lipinski definition) is 2. The Hall–Kier alpha value is -1.00. The van der Waals surface area contributed by atoms with Crippen molar-refractivity contribution in [2.24, 2.45) is 5.92 Å². The minimum Gasteiger partial charge on any atom is -0.325 e. The maximum absolute atomic E-state index is 12.1. The van der Waals surface area contributed by atoms with E-state index in [2.05, 4.69) is 10.6 Å². The predicted octanol–water partition coefficient (Wildman–Crippen LogP) is 3.05. The molecule has 1 aliphatic rings. The summed E-state index contributed by atoms with van der Waals surface area (Å²) in [6.45, 7) is 6.27. The van der Waals surface area contributed by atoms with Gasteiger partial charge in [0.25, 0.3) is 0 Å². The Morgan fingerprint density at radius 3 is 2.85 bits per heavy atom. The van der Waals surface area contributed by atoms with Crippen LogP contribution in [0.3, 0.4) is 0 Å². The molecule has 1 heterocycles. The predicted molar refractivity (Wildman–Crippen MR) is 87.3 cm³/mol. The number of rotatable bonds is 5. The number of carbonyl (C=O) groups is 1. The van der Waals surface area contributed by atoms with E-state index in [4.69, 9.17) is 0 Å². The van der Waals surface area contributed by atoms with Crippen molar-refractivity contribution >= 4 is 23.4 Å². The van der Waals surface area contributed by atoms with Crippen LogP contribution in [0.25, 0.3) is 0 Å². The van der Waals surface area contributed by atoms with Crippen molar-refractivity contribution in [1.82, 2.24) is 5.32 Å². The molecule has 110 valence electrons. The molecule has 2 rings (SSSR count). The normalized spacial score (nSPS) is 20.4. The number of aryl methyl sites for hydroxylation is 1. The minimum absolute atomic E-state index is 0.00164. The third-order valence-electron chi connectivity index (χ3n) is 3.67. The van der Waals surface area contributed by atoms with Gasteiger partial charge in [-0.25, -0.2) is 0 Å². The standard InChI is InChI=1S/C16H24N2OS/c1-12-5-7-15(8-6-12)18-16(19)13(2)20-11-14-4-3-9-17-10-14/h5-8,13-14,17H,3-4,9-11H2,1-2H3,(H,18,19). The van der Waals surface area contributed by atoms with Gasteiger partial charge < -0.3 is 10.6 Å². The molecular weight excluding hydrogens is 268 g/mol. The van der Waals surface area contributed by atoms with Crippen LogP contribution in [0, 0.1) is 12.8 Å². The van der Waals surface area contributed by atoms with E-state index in [9.17, 15) is 4.79 Å². The van der Waals surface area contributed by atoms with E-state index in [1.54, 1.807) is 11.8 Å². The number of hydrogen-bond acceptors (Lipinski definition) is 3. The van der Waals surface area contributed by atoms with Crippen molar-refractivity contribution in [1.29, 1.82) is 0 Å². The summed E-state index contributed by atoms with van der Waals surface area (Å²) in [5, 5.41) is 6.40. The molecule has 20 heavy (non-hydrogen) atoms. The summed E-state index contributed by atoms with van der Waals surface area (Å²) in [6.07, 6.45) is 2.54. The maximum atomic E-state index is 12.1. The van der Waals surface area contributed by atoms with Crippen molar-refractivity contribution in [3.63, 3.8) is 0 Å². The highest BCUT2D eigenvalue weighted by Crippen LogP contribution is 2.21. The molecule has 0 saturated carbocycles. The van der Waals surface area contributed by atoms with Crippen molar-refractivity contribution in [3.8, 4) is 0 Å². The average molecular weight is 292 g/mol. The molecule has 0 bridgehead atoms. The molecule has 2 atom stereocenters. The molecule has 0 radical (unpaired) electrons. The Labute approximate surface area is 125 Å². The summed E-state index contributed by atoms with van der Waals surface area (Å²) in [5.41, 5.74) is 2.09. The van der Waals surface area contributed by atoms with Gasteiger partial charge >= 0.3 is 0 Å². The summed E-state index contributed by atoms with van der Waals surface area (Å²) in [5.74, 6) is 1.88. The Bertz CT molecular complexity index is 427. The lowest BCUT2D eigenvalue weighted by molar-refractivity contribution is -0.115. The molecular formula is C16H24N2OS. The van der Waals surface area contributed by atoms with Crippen LogP contribution in [0.2, 0.25) is 0 Å². The van der Waals surface area contributed by atoms with Crippen LogP contribution in [-0.2, 0) is 4.79 Å². The zero-order chi connectivity index (χ0) is 14.4. The van der Waals surface area contributed by atoms with E-state index in [0.717, 1.165) is 24.5 Å². The van der Waals surface area contributed by atoms with E-state index >= 15 is 0 Å². The Morgan fingerprint density at radius 2 is 2.20 bits per heavy atom. The van der Waals surface area contributed by atoms with Gasteiger partial charge in [0.05, 0.1) is 5.25 Å². The largest absolute Gasteiger partial charge is 0.325 e. The molecule has 2 N–H and O–H groups in total. The lowest BCUT2D eigenvalue weighted by Crippen LogP contribution is -2.32. The highest BCUT2D eigenvalue weighted by molar-refractivity contribution is 8.00. The van der Waals surface area contributed by atoms with Crippen LogP contribution in [0.4, 0.5) is 5.69 Å².